The molecule has 2 aromatic rings. The van der Waals surface area contributed by atoms with Crippen LogP contribution in [0.25, 0.3) is 0 Å². The zero-order valence-corrected chi connectivity index (χ0v) is 12.6. The molecule has 0 spiro atoms. The summed E-state index contributed by atoms with van der Waals surface area (Å²) in [7, 11) is 0. The van der Waals surface area contributed by atoms with E-state index in [1.54, 1.807) is 11.3 Å². The molecule has 0 radical (unpaired) electrons. The Kier molecular flexibility index (Phi) is 4.50. The van der Waals surface area contributed by atoms with Gasteiger partial charge in [0.15, 0.2) is 0 Å². The van der Waals surface area contributed by atoms with Crippen molar-refractivity contribution >= 4 is 34.2 Å². The van der Waals surface area contributed by atoms with E-state index in [0.717, 1.165) is 28.4 Å². The first-order valence-corrected chi connectivity index (χ1v) is 7.40. The minimum atomic E-state index is 0.362. The summed E-state index contributed by atoms with van der Waals surface area (Å²) in [6.45, 7) is 5.00. The lowest BCUT2D eigenvalue weighted by Gasteiger charge is -2.15. The van der Waals surface area contributed by atoms with Crippen LogP contribution < -0.4 is 11.1 Å². The summed E-state index contributed by atoms with van der Waals surface area (Å²) in [5, 5.41) is 6.54. The maximum atomic E-state index is 5.77. The maximum absolute atomic E-state index is 5.77. The zero-order valence-electron chi connectivity index (χ0n) is 11.0. The topological polar surface area (TPSA) is 50.9 Å². The normalized spacial score (nSPS) is 12.1. The largest absolute Gasteiger partial charge is 0.389 e. The minimum absolute atomic E-state index is 0.362. The number of aromatic nitrogens is 1. The Morgan fingerprint density at radius 1 is 1.53 bits per heavy atom. The van der Waals surface area contributed by atoms with E-state index >= 15 is 0 Å². The van der Waals surface area contributed by atoms with Crippen molar-refractivity contribution in [1.29, 1.82) is 0 Å². The zero-order chi connectivity index (χ0) is 13.8. The van der Waals surface area contributed by atoms with Gasteiger partial charge in [-0.15, -0.1) is 11.3 Å². The summed E-state index contributed by atoms with van der Waals surface area (Å²) >= 11 is 6.77. The third-order valence-corrected chi connectivity index (χ3v) is 4.14. The molecular weight excluding hydrogens is 274 g/mol. The predicted octanol–water partition coefficient (Wildman–Crippen LogP) is 3.30. The lowest BCUT2D eigenvalue weighted by atomic mass is 10.1. The lowest BCUT2D eigenvalue weighted by Crippen LogP contribution is -2.16. The van der Waals surface area contributed by atoms with Crippen molar-refractivity contribution in [2.75, 3.05) is 11.9 Å². The number of anilines is 1. The number of nitrogens with two attached hydrogens (primary N) is 1. The fourth-order valence-corrected chi connectivity index (χ4v) is 2.71. The standard InChI is InChI=1S/C14H17N3S2/c1-9-3-4-12(11(7-9)13(15)18)17-8-10(2)14-16-5-6-19-14/h3-7,10,17H,8H2,1-2H3,(H2,15,18). The molecule has 0 saturated heterocycles. The monoisotopic (exact) mass is 291 g/mol. The van der Waals surface area contributed by atoms with Gasteiger partial charge in [-0.1, -0.05) is 30.8 Å². The summed E-state index contributed by atoms with van der Waals surface area (Å²) < 4.78 is 0. The molecule has 2 rings (SSSR count). The number of thiocarbonyl (C=S) groups is 1. The number of benzene rings is 1. The highest BCUT2D eigenvalue weighted by Crippen LogP contribution is 2.21. The Morgan fingerprint density at radius 2 is 2.32 bits per heavy atom. The second kappa shape index (κ2) is 6.12. The average Bonchev–Trinajstić information content (AvgIpc) is 2.90. The van der Waals surface area contributed by atoms with E-state index in [1.165, 1.54) is 0 Å². The van der Waals surface area contributed by atoms with Crippen LogP contribution in [0.2, 0.25) is 0 Å². The molecule has 0 aliphatic carbocycles. The van der Waals surface area contributed by atoms with Crippen molar-refractivity contribution in [3.05, 3.63) is 45.9 Å². The summed E-state index contributed by atoms with van der Waals surface area (Å²) in [6.07, 6.45) is 1.84. The SMILES string of the molecule is Cc1ccc(NCC(C)c2nccs2)c(C(N)=S)c1. The molecule has 1 heterocycles. The van der Waals surface area contributed by atoms with E-state index in [1.807, 2.05) is 30.6 Å². The van der Waals surface area contributed by atoms with Crippen molar-refractivity contribution in [3.8, 4) is 0 Å². The molecule has 1 aromatic heterocycles. The van der Waals surface area contributed by atoms with Crippen molar-refractivity contribution < 1.29 is 0 Å². The second-order valence-electron chi connectivity index (χ2n) is 4.57. The van der Waals surface area contributed by atoms with Crippen LogP contribution in [0.1, 0.15) is 29.0 Å². The molecule has 1 unspecified atom stereocenters. The number of nitrogens with one attached hydrogen (secondary N) is 1. The fraction of sp³-hybridized carbons (Fsp3) is 0.286. The smallest absolute Gasteiger partial charge is 0.106 e. The molecule has 0 aliphatic rings. The van der Waals surface area contributed by atoms with Crippen LogP contribution in [-0.4, -0.2) is 16.5 Å². The van der Waals surface area contributed by atoms with Gasteiger partial charge >= 0.3 is 0 Å². The van der Waals surface area contributed by atoms with Gasteiger partial charge in [-0.2, -0.15) is 0 Å². The molecule has 0 amide bonds. The van der Waals surface area contributed by atoms with Crippen LogP contribution in [0.15, 0.2) is 29.8 Å². The Balaban J connectivity index is 2.09. The quantitative estimate of drug-likeness (QED) is 0.830. The first-order valence-electron chi connectivity index (χ1n) is 6.11. The fourth-order valence-electron chi connectivity index (χ4n) is 1.84. The van der Waals surface area contributed by atoms with Gasteiger partial charge in [-0.05, 0) is 19.1 Å². The van der Waals surface area contributed by atoms with Crippen LogP contribution in [0.4, 0.5) is 5.69 Å². The highest BCUT2D eigenvalue weighted by atomic mass is 32.1. The number of thiazole rings is 1. The summed E-state index contributed by atoms with van der Waals surface area (Å²) in [4.78, 5) is 4.75. The van der Waals surface area contributed by atoms with Crippen molar-refractivity contribution in [2.24, 2.45) is 5.73 Å². The first-order chi connectivity index (χ1) is 9.08. The number of aryl methyl sites for hydroxylation is 1. The van der Waals surface area contributed by atoms with Gasteiger partial charge in [0.2, 0.25) is 0 Å². The molecule has 1 aromatic carbocycles. The first kappa shape index (κ1) is 14.0. The molecule has 5 heteroatoms. The molecule has 0 saturated carbocycles. The van der Waals surface area contributed by atoms with Crippen LogP contribution in [-0.2, 0) is 0 Å². The van der Waals surface area contributed by atoms with E-state index in [-0.39, 0.29) is 0 Å². The van der Waals surface area contributed by atoms with Gasteiger partial charge in [0.25, 0.3) is 0 Å². The molecule has 1 atom stereocenters. The minimum Gasteiger partial charge on any atom is -0.389 e. The highest BCUT2D eigenvalue weighted by Gasteiger charge is 2.10. The Labute approximate surface area is 122 Å². The molecule has 19 heavy (non-hydrogen) atoms. The van der Waals surface area contributed by atoms with Gasteiger partial charge in [0, 0.05) is 35.3 Å². The second-order valence-corrected chi connectivity index (χ2v) is 5.93. The van der Waals surface area contributed by atoms with Crippen LogP contribution in [0, 0.1) is 6.92 Å². The molecule has 3 N–H and O–H groups in total. The van der Waals surface area contributed by atoms with Gasteiger partial charge in [0.05, 0.1) is 5.01 Å². The van der Waals surface area contributed by atoms with E-state index in [2.05, 4.69) is 23.3 Å². The number of hydrogen-bond acceptors (Lipinski definition) is 4. The number of nitrogens with zero attached hydrogens (tertiary/aromatic N) is 1. The van der Waals surface area contributed by atoms with Gasteiger partial charge in [-0.25, -0.2) is 4.98 Å². The van der Waals surface area contributed by atoms with Crippen molar-refractivity contribution in [3.63, 3.8) is 0 Å². The van der Waals surface area contributed by atoms with Gasteiger partial charge in [-0.3, -0.25) is 0 Å². The van der Waals surface area contributed by atoms with Gasteiger partial charge in [0.1, 0.15) is 4.99 Å². The van der Waals surface area contributed by atoms with E-state index in [4.69, 9.17) is 18.0 Å². The summed E-state index contributed by atoms with van der Waals surface area (Å²) in [6, 6.07) is 6.09. The van der Waals surface area contributed by atoms with Crippen LogP contribution >= 0.6 is 23.6 Å². The molecule has 0 bridgehead atoms. The lowest BCUT2D eigenvalue weighted by molar-refractivity contribution is 0.795. The van der Waals surface area contributed by atoms with E-state index in [0.29, 0.717) is 10.9 Å². The number of rotatable bonds is 5. The van der Waals surface area contributed by atoms with E-state index < -0.39 is 0 Å². The third-order valence-electron chi connectivity index (χ3n) is 2.91. The molecule has 0 aliphatic heterocycles. The van der Waals surface area contributed by atoms with E-state index in [9.17, 15) is 0 Å². The average molecular weight is 291 g/mol. The molecule has 3 nitrogen and oxygen atoms in total. The predicted molar refractivity (Wildman–Crippen MR) is 86.1 cm³/mol. The number of hydrogen-bond donors (Lipinski definition) is 2. The Bertz CT molecular complexity index is 564. The molecule has 100 valence electrons. The Morgan fingerprint density at radius 3 is 2.95 bits per heavy atom. The maximum Gasteiger partial charge on any atom is 0.106 e. The third kappa shape index (κ3) is 3.52. The molecular formula is C14H17N3S2. The summed E-state index contributed by atoms with van der Waals surface area (Å²) in [5.74, 6) is 0.362. The van der Waals surface area contributed by atoms with Crippen molar-refractivity contribution in [1.82, 2.24) is 4.98 Å². The summed E-state index contributed by atoms with van der Waals surface area (Å²) in [5.41, 5.74) is 8.81. The van der Waals surface area contributed by atoms with Crippen LogP contribution in [0.5, 0.6) is 0 Å². The van der Waals surface area contributed by atoms with Crippen molar-refractivity contribution in [2.45, 2.75) is 19.8 Å². The molecule has 0 fully saturated rings. The Hall–Kier alpha value is -1.46. The highest BCUT2D eigenvalue weighted by molar-refractivity contribution is 7.80. The van der Waals surface area contributed by atoms with Crippen LogP contribution in [0.3, 0.4) is 0 Å². The van der Waals surface area contributed by atoms with Gasteiger partial charge < -0.3 is 11.1 Å².